The second-order valence-electron chi connectivity index (χ2n) is 5.80. The lowest BCUT2D eigenvalue weighted by Gasteiger charge is -2.07. The molecule has 138 valence electrons. The van der Waals surface area contributed by atoms with Gasteiger partial charge in [0.2, 0.25) is 0 Å². The summed E-state index contributed by atoms with van der Waals surface area (Å²) < 4.78 is 10.2. The van der Waals surface area contributed by atoms with Crippen LogP contribution < -0.4 is 15.8 Å². The SMILES string of the molecule is COC(=O)c1ccc(C(=O)NCCCCCOc2ccc(N)cc2)cc1. The number of carbonyl (C=O) groups is 2. The Morgan fingerprint density at radius 3 is 2.23 bits per heavy atom. The maximum atomic E-state index is 12.0. The van der Waals surface area contributed by atoms with Gasteiger partial charge in [-0.3, -0.25) is 4.79 Å². The zero-order valence-electron chi connectivity index (χ0n) is 14.9. The minimum absolute atomic E-state index is 0.153. The second kappa shape index (κ2) is 10.1. The Kier molecular flexibility index (Phi) is 7.49. The number of amides is 1. The molecule has 0 bridgehead atoms. The first kappa shape index (κ1) is 19.3. The first-order chi connectivity index (χ1) is 12.6. The molecule has 0 heterocycles. The van der Waals surface area contributed by atoms with Crippen molar-refractivity contribution in [1.82, 2.24) is 5.32 Å². The fourth-order valence-electron chi connectivity index (χ4n) is 2.34. The number of anilines is 1. The fraction of sp³-hybridized carbons (Fsp3) is 0.300. The van der Waals surface area contributed by atoms with Gasteiger partial charge in [0.15, 0.2) is 0 Å². The number of hydrogen-bond acceptors (Lipinski definition) is 5. The number of esters is 1. The van der Waals surface area contributed by atoms with Crippen molar-refractivity contribution in [2.75, 3.05) is 26.0 Å². The molecule has 2 aromatic carbocycles. The summed E-state index contributed by atoms with van der Waals surface area (Å²) in [7, 11) is 1.32. The van der Waals surface area contributed by atoms with Crippen LogP contribution in [0.2, 0.25) is 0 Å². The van der Waals surface area contributed by atoms with E-state index in [1.165, 1.54) is 7.11 Å². The molecule has 0 fully saturated rings. The van der Waals surface area contributed by atoms with Gasteiger partial charge < -0.3 is 20.5 Å². The molecular formula is C20H24N2O4. The van der Waals surface area contributed by atoms with Gasteiger partial charge in [0.05, 0.1) is 19.3 Å². The fourth-order valence-corrected chi connectivity index (χ4v) is 2.34. The molecule has 0 aliphatic heterocycles. The van der Waals surface area contributed by atoms with E-state index in [1.807, 2.05) is 24.3 Å². The highest BCUT2D eigenvalue weighted by Gasteiger charge is 2.08. The Morgan fingerprint density at radius 1 is 0.923 bits per heavy atom. The van der Waals surface area contributed by atoms with Crippen molar-refractivity contribution < 1.29 is 19.1 Å². The van der Waals surface area contributed by atoms with Crippen LogP contribution in [0.1, 0.15) is 40.0 Å². The normalized spacial score (nSPS) is 10.2. The van der Waals surface area contributed by atoms with Gasteiger partial charge in [0.1, 0.15) is 5.75 Å². The van der Waals surface area contributed by atoms with E-state index < -0.39 is 5.97 Å². The average molecular weight is 356 g/mol. The highest BCUT2D eigenvalue weighted by Crippen LogP contribution is 2.13. The van der Waals surface area contributed by atoms with Crippen LogP contribution in [-0.2, 0) is 4.74 Å². The van der Waals surface area contributed by atoms with Gasteiger partial charge in [0.25, 0.3) is 5.91 Å². The zero-order valence-corrected chi connectivity index (χ0v) is 14.9. The van der Waals surface area contributed by atoms with Gasteiger partial charge >= 0.3 is 5.97 Å². The van der Waals surface area contributed by atoms with Crippen LogP contribution in [0, 0.1) is 0 Å². The van der Waals surface area contributed by atoms with Crippen LogP contribution in [0.15, 0.2) is 48.5 Å². The van der Waals surface area contributed by atoms with Crippen molar-refractivity contribution in [2.24, 2.45) is 0 Å². The summed E-state index contributed by atoms with van der Waals surface area (Å²) in [5, 5.41) is 2.87. The summed E-state index contributed by atoms with van der Waals surface area (Å²) in [5.41, 5.74) is 7.27. The molecule has 0 aromatic heterocycles. The van der Waals surface area contributed by atoms with E-state index in [2.05, 4.69) is 10.1 Å². The van der Waals surface area contributed by atoms with Crippen LogP contribution in [0.5, 0.6) is 5.75 Å². The highest BCUT2D eigenvalue weighted by atomic mass is 16.5. The number of ether oxygens (including phenoxy) is 2. The predicted molar refractivity (Wildman–Crippen MR) is 100 cm³/mol. The number of hydrogen-bond donors (Lipinski definition) is 2. The molecule has 1 amide bonds. The van der Waals surface area contributed by atoms with Gasteiger partial charge in [-0.1, -0.05) is 0 Å². The smallest absolute Gasteiger partial charge is 0.337 e. The molecule has 26 heavy (non-hydrogen) atoms. The Balaban J connectivity index is 1.59. The third-order valence-electron chi connectivity index (χ3n) is 3.82. The van der Waals surface area contributed by atoms with Crippen molar-refractivity contribution in [3.05, 3.63) is 59.7 Å². The van der Waals surface area contributed by atoms with Crippen molar-refractivity contribution in [3.8, 4) is 5.75 Å². The number of rotatable bonds is 9. The van der Waals surface area contributed by atoms with E-state index in [0.29, 0.717) is 30.0 Å². The summed E-state index contributed by atoms with van der Waals surface area (Å²) in [5.74, 6) is 0.237. The maximum absolute atomic E-state index is 12.0. The van der Waals surface area contributed by atoms with E-state index in [9.17, 15) is 9.59 Å². The summed E-state index contributed by atoms with van der Waals surface area (Å²) in [6, 6.07) is 13.7. The van der Waals surface area contributed by atoms with Crippen LogP contribution in [-0.4, -0.2) is 32.1 Å². The molecule has 0 saturated carbocycles. The lowest BCUT2D eigenvalue weighted by molar-refractivity contribution is 0.0600. The molecule has 0 aliphatic rings. The predicted octanol–water partition coefficient (Wildman–Crippen LogP) is 3.03. The van der Waals surface area contributed by atoms with E-state index in [4.69, 9.17) is 10.5 Å². The number of nitrogens with two attached hydrogens (primary N) is 1. The van der Waals surface area contributed by atoms with Crippen molar-refractivity contribution >= 4 is 17.6 Å². The Morgan fingerprint density at radius 2 is 1.58 bits per heavy atom. The van der Waals surface area contributed by atoms with E-state index >= 15 is 0 Å². The first-order valence-corrected chi connectivity index (χ1v) is 8.55. The van der Waals surface area contributed by atoms with Gasteiger partial charge in [-0.05, 0) is 67.8 Å². The molecular weight excluding hydrogens is 332 g/mol. The van der Waals surface area contributed by atoms with Crippen molar-refractivity contribution in [3.63, 3.8) is 0 Å². The Hall–Kier alpha value is -3.02. The van der Waals surface area contributed by atoms with Crippen LogP contribution in [0.4, 0.5) is 5.69 Å². The summed E-state index contributed by atoms with van der Waals surface area (Å²) in [4.78, 5) is 23.4. The number of methoxy groups -OCH3 is 1. The Labute approximate surface area is 153 Å². The third kappa shape index (κ3) is 6.12. The molecule has 6 heteroatoms. The molecule has 0 spiro atoms. The quantitative estimate of drug-likeness (QED) is 0.409. The number of nitrogen functional groups attached to an aromatic ring is 1. The number of benzene rings is 2. The lowest BCUT2D eigenvalue weighted by atomic mass is 10.1. The lowest BCUT2D eigenvalue weighted by Crippen LogP contribution is -2.24. The Bertz CT molecular complexity index is 712. The van der Waals surface area contributed by atoms with Crippen LogP contribution >= 0.6 is 0 Å². The number of carbonyl (C=O) groups excluding carboxylic acids is 2. The maximum Gasteiger partial charge on any atom is 0.337 e. The minimum atomic E-state index is -0.418. The minimum Gasteiger partial charge on any atom is -0.494 e. The van der Waals surface area contributed by atoms with Gasteiger partial charge in [-0.25, -0.2) is 4.79 Å². The van der Waals surface area contributed by atoms with Gasteiger partial charge in [0, 0.05) is 17.8 Å². The molecule has 3 N–H and O–H groups in total. The monoisotopic (exact) mass is 356 g/mol. The van der Waals surface area contributed by atoms with Crippen molar-refractivity contribution in [2.45, 2.75) is 19.3 Å². The van der Waals surface area contributed by atoms with E-state index in [0.717, 1.165) is 25.0 Å². The summed E-state index contributed by atoms with van der Waals surface area (Å²) in [6.07, 6.45) is 2.74. The number of unbranched alkanes of at least 4 members (excludes halogenated alkanes) is 2. The van der Waals surface area contributed by atoms with Crippen LogP contribution in [0.25, 0.3) is 0 Å². The van der Waals surface area contributed by atoms with Gasteiger partial charge in [-0.2, -0.15) is 0 Å². The highest BCUT2D eigenvalue weighted by molar-refractivity contribution is 5.96. The van der Waals surface area contributed by atoms with E-state index in [-0.39, 0.29) is 5.91 Å². The van der Waals surface area contributed by atoms with Crippen LogP contribution in [0.3, 0.4) is 0 Å². The standard InChI is InChI=1S/C20H24N2O4/c1-25-20(24)16-7-5-15(6-8-16)19(23)22-13-3-2-4-14-26-18-11-9-17(21)10-12-18/h5-12H,2-4,13-14,21H2,1H3,(H,22,23). The van der Waals surface area contributed by atoms with Gasteiger partial charge in [-0.15, -0.1) is 0 Å². The summed E-state index contributed by atoms with van der Waals surface area (Å²) >= 11 is 0. The largest absolute Gasteiger partial charge is 0.494 e. The van der Waals surface area contributed by atoms with Crippen molar-refractivity contribution in [1.29, 1.82) is 0 Å². The first-order valence-electron chi connectivity index (χ1n) is 8.55. The number of nitrogens with one attached hydrogen (secondary N) is 1. The van der Waals surface area contributed by atoms with E-state index in [1.54, 1.807) is 24.3 Å². The molecule has 0 unspecified atom stereocenters. The molecule has 6 nitrogen and oxygen atoms in total. The average Bonchev–Trinajstić information content (AvgIpc) is 2.68. The summed E-state index contributed by atoms with van der Waals surface area (Å²) in [6.45, 7) is 1.23. The topological polar surface area (TPSA) is 90.7 Å². The third-order valence-corrected chi connectivity index (χ3v) is 3.82. The molecule has 0 radical (unpaired) electrons. The second-order valence-corrected chi connectivity index (χ2v) is 5.80. The molecule has 2 aromatic rings. The zero-order chi connectivity index (χ0) is 18.8. The molecule has 2 rings (SSSR count). The molecule has 0 atom stereocenters. The molecule has 0 saturated heterocycles. The molecule has 0 aliphatic carbocycles.